The summed E-state index contributed by atoms with van der Waals surface area (Å²) in [7, 11) is 1.45. The third kappa shape index (κ3) is 2.60. The van der Waals surface area contributed by atoms with E-state index in [9.17, 15) is 9.59 Å². The minimum Gasteiger partial charge on any atom is -0.496 e. The number of benzene rings is 1. The van der Waals surface area contributed by atoms with Gasteiger partial charge in [0.15, 0.2) is 5.69 Å². The fraction of sp³-hybridized carbons (Fsp3) is 0.0833. The Bertz CT molecular complexity index is 651. The predicted octanol–water partition coefficient (Wildman–Crippen LogP) is 1.95. The lowest BCUT2D eigenvalue weighted by atomic mass is 10.1. The molecule has 0 atom stereocenters. The highest BCUT2D eigenvalue weighted by atomic mass is 127. The first-order valence-corrected chi connectivity index (χ1v) is 6.27. The number of nitrogens with zero attached hydrogens (tertiary/aromatic N) is 1. The van der Waals surface area contributed by atoms with Crippen molar-refractivity contribution in [1.29, 1.82) is 0 Å². The van der Waals surface area contributed by atoms with Crippen molar-refractivity contribution in [3.8, 4) is 5.75 Å². The van der Waals surface area contributed by atoms with Crippen molar-refractivity contribution in [3.05, 3.63) is 45.0 Å². The molecule has 1 heterocycles. The van der Waals surface area contributed by atoms with Gasteiger partial charge in [-0.1, -0.05) is 0 Å². The van der Waals surface area contributed by atoms with E-state index in [0.717, 1.165) is 3.57 Å². The van der Waals surface area contributed by atoms with E-state index in [-0.39, 0.29) is 17.0 Å². The van der Waals surface area contributed by atoms with Gasteiger partial charge in [-0.05, 0) is 40.8 Å². The Morgan fingerprint density at radius 1 is 1.42 bits per heavy atom. The summed E-state index contributed by atoms with van der Waals surface area (Å²) in [5, 5.41) is 8.98. The number of aromatic nitrogens is 2. The average molecular weight is 372 g/mol. The van der Waals surface area contributed by atoms with Gasteiger partial charge in [0.1, 0.15) is 11.4 Å². The number of hydrogen-bond donors (Lipinski definition) is 2. The average Bonchev–Trinajstić information content (AvgIpc) is 2.87. The number of carbonyl (C=O) groups excluding carboxylic acids is 1. The van der Waals surface area contributed by atoms with Crippen LogP contribution in [-0.4, -0.2) is 33.9 Å². The number of imidazole rings is 1. The van der Waals surface area contributed by atoms with Gasteiger partial charge in [0.2, 0.25) is 5.78 Å². The highest BCUT2D eigenvalue weighted by Gasteiger charge is 2.23. The van der Waals surface area contributed by atoms with Crippen LogP contribution < -0.4 is 4.74 Å². The monoisotopic (exact) mass is 372 g/mol. The molecule has 0 spiro atoms. The van der Waals surface area contributed by atoms with Crippen molar-refractivity contribution in [2.45, 2.75) is 0 Å². The van der Waals surface area contributed by atoms with Gasteiger partial charge in [-0.2, -0.15) is 0 Å². The van der Waals surface area contributed by atoms with E-state index in [1.165, 1.54) is 13.4 Å². The van der Waals surface area contributed by atoms with E-state index >= 15 is 0 Å². The topological polar surface area (TPSA) is 92.3 Å². The number of hydrogen-bond acceptors (Lipinski definition) is 4. The van der Waals surface area contributed by atoms with Gasteiger partial charge < -0.3 is 14.8 Å². The second-order valence-electron chi connectivity index (χ2n) is 3.61. The van der Waals surface area contributed by atoms with Crippen LogP contribution in [0.2, 0.25) is 0 Å². The molecule has 0 fully saturated rings. The summed E-state index contributed by atoms with van der Waals surface area (Å²) in [4.78, 5) is 29.5. The van der Waals surface area contributed by atoms with Gasteiger partial charge in [-0.25, -0.2) is 9.78 Å². The highest BCUT2D eigenvalue weighted by molar-refractivity contribution is 14.1. The maximum atomic E-state index is 12.3. The zero-order chi connectivity index (χ0) is 14.0. The Hall–Kier alpha value is -1.90. The van der Waals surface area contributed by atoms with Crippen molar-refractivity contribution in [1.82, 2.24) is 9.97 Å². The summed E-state index contributed by atoms with van der Waals surface area (Å²) in [6.07, 6.45) is 1.18. The summed E-state index contributed by atoms with van der Waals surface area (Å²) in [6, 6.07) is 5.07. The number of aromatic carboxylic acids is 1. The van der Waals surface area contributed by atoms with E-state index in [0.29, 0.717) is 5.75 Å². The van der Waals surface area contributed by atoms with Gasteiger partial charge in [0.05, 0.1) is 19.0 Å². The molecule has 1 aromatic heterocycles. The summed E-state index contributed by atoms with van der Waals surface area (Å²) < 4.78 is 5.95. The van der Waals surface area contributed by atoms with Crippen LogP contribution >= 0.6 is 22.6 Å². The number of rotatable bonds is 4. The van der Waals surface area contributed by atoms with Gasteiger partial charge >= 0.3 is 5.97 Å². The number of aromatic amines is 1. The number of nitrogens with one attached hydrogen (secondary N) is 1. The molecule has 0 amide bonds. The molecular formula is C12H9IN2O4. The lowest BCUT2D eigenvalue weighted by Crippen LogP contribution is -2.11. The zero-order valence-corrected chi connectivity index (χ0v) is 12.0. The Kier molecular flexibility index (Phi) is 3.84. The number of carbonyl (C=O) groups is 2. The molecule has 0 aliphatic carbocycles. The maximum Gasteiger partial charge on any atom is 0.354 e. The standard InChI is InChI=1S/C12H9IN2O4/c1-19-8-3-2-6(13)4-7(8)11(16)9-10(12(17)18)15-5-14-9/h2-5H,1H3,(H,14,15)(H,17,18). The summed E-state index contributed by atoms with van der Waals surface area (Å²) >= 11 is 2.06. The normalized spacial score (nSPS) is 10.2. The molecule has 0 aliphatic rings. The van der Waals surface area contributed by atoms with Crippen LogP contribution in [0.3, 0.4) is 0 Å². The van der Waals surface area contributed by atoms with Crippen LogP contribution in [0.5, 0.6) is 5.75 Å². The molecule has 98 valence electrons. The highest BCUT2D eigenvalue weighted by Crippen LogP contribution is 2.24. The van der Waals surface area contributed by atoms with Crippen LogP contribution in [0.15, 0.2) is 24.5 Å². The molecule has 0 bridgehead atoms. The lowest BCUT2D eigenvalue weighted by Gasteiger charge is -2.07. The van der Waals surface area contributed by atoms with E-state index in [4.69, 9.17) is 9.84 Å². The first-order valence-electron chi connectivity index (χ1n) is 5.19. The van der Waals surface area contributed by atoms with E-state index in [2.05, 4.69) is 32.6 Å². The van der Waals surface area contributed by atoms with E-state index < -0.39 is 11.8 Å². The van der Waals surface area contributed by atoms with Crippen molar-refractivity contribution in [2.75, 3.05) is 7.11 Å². The number of ether oxygens (including phenoxy) is 1. The quantitative estimate of drug-likeness (QED) is 0.632. The van der Waals surface area contributed by atoms with Crippen molar-refractivity contribution >= 4 is 34.3 Å². The molecule has 19 heavy (non-hydrogen) atoms. The van der Waals surface area contributed by atoms with E-state index in [1.807, 2.05) is 0 Å². The first-order chi connectivity index (χ1) is 9.04. The number of halogens is 1. The van der Waals surface area contributed by atoms with Gasteiger partial charge in [0.25, 0.3) is 0 Å². The van der Waals surface area contributed by atoms with Crippen LogP contribution in [-0.2, 0) is 0 Å². The Morgan fingerprint density at radius 3 is 2.79 bits per heavy atom. The summed E-state index contributed by atoms with van der Waals surface area (Å²) in [5.74, 6) is -1.34. The van der Waals surface area contributed by atoms with Gasteiger partial charge in [0, 0.05) is 3.57 Å². The number of ketones is 1. The molecule has 0 saturated heterocycles. The van der Waals surface area contributed by atoms with Gasteiger partial charge in [-0.15, -0.1) is 0 Å². The van der Waals surface area contributed by atoms with Crippen molar-refractivity contribution in [3.63, 3.8) is 0 Å². The minimum atomic E-state index is -1.23. The number of carboxylic acid groups (broad SMARTS) is 1. The Balaban J connectivity index is 2.52. The Labute approximate surface area is 122 Å². The Morgan fingerprint density at radius 2 is 2.16 bits per heavy atom. The van der Waals surface area contributed by atoms with Crippen molar-refractivity contribution in [2.24, 2.45) is 0 Å². The SMILES string of the molecule is COc1ccc(I)cc1C(=O)c1nc[nH]c1C(=O)O. The smallest absolute Gasteiger partial charge is 0.354 e. The summed E-state index contributed by atoms with van der Waals surface area (Å²) in [5.41, 5.74) is -0.0808. The van der Waals surface area contributed by atoms with Crippen LogP contribution in [0.1, 0.15) is 26.5 Å². The molecule has 0 saturated carbocycles. The zero-order valence-electron chi connectivity index (χ0n) is 9.81. The molecule has 7 heteroatoms. The second-order valence-corrected chi connectivity index (χ2v) is 4.85. The van der Waals surface area contributed by atoms with Crippen LogP contribution in [0, 0.1) is 3.57 Å². The molecule has 6 nitrogen and oxygen atoms in total. The third-order valence-corrected chi connectivity index (χ3v) is 3.15. The molecule has 2 aromatic rings. The molecule has 2 N–H and O–H groups in total. The molecular weight excluding hydrogens is 363 g/mol. The van der Waals surface area contributed by atoms with Crippen LogP contribution in [0.4, 0.5) is 0 Å². The summed E-state index contributed by atoms with van der Waals surface area (Å²) in [6.45, 7) is 0. The second kappa shape index (κ2) is 5.39. The van der Waals surface area contributed by atoms with Gasteiger partial charge in [-0.3, -0.25) is 4.79 Å². The van der Waals surface area contributed by atoms with Crippen molar-refractivity contribution < 1.29 is 19.4 Å². The fourth-order valence-electron chi connectivity index (χ4n) is 1.61. The maximum absolute atomic E-state index is 12.3. The third-order valence-electron chi connectivity index (χ3n) is 2.47. The first kappa shape index (κ1) is 13.5. The molecule has 1 aromatic carbocycles. The molecule has 0 unspecified atom stereocenters. The van der Waals surface area contributed by atoms with E-state index in [1.54, 1.807) is 18.2 Å². The number of methoxy groups -OCH3 is 1. The predicted molar refractivity (Wildman–Crippen MR) is 74.7 cm³/mol. The number of H-pyrrole nitrogens is 1. The number of carboxylic acids is 1. The lowest BCUT2D eigenvalue weighted by molar-refractivity contribution is 0.0687. The fourth-order valence-corrected chi connectivity index (χ4v) is 2.11. The molecule has 2 rings (SSSR count). The molecule has 0 radical (unpaired) electrons. The largest absolute Gasteiger partial charge is 0.496 e. The molecule has 0 aliphatic heterocycles. The van der Waals surface area contributed by atoms with Crippen LogP contribution in [0.25, 0.3) is 0 Å². The minimum absolute atomic E-state index is 0.132.